The van der Waals surface area contributed by atoms with E-state index in [9.17, 15) is 9.18 Å². The summed E-state index contributed by atoms with van der Waals surface area (Å²) in [6, 6.07) is 9.97. The number of amides is 1. The van der Waals surface area contributed by atoms with Crippen molar-refractivity contribution < 1.29 is 23.4 Å². The summed E-state index contributed by atoms with van der Waals surface area (Å²) in [5.41, 5.74) is 1.27. The van der Waals surface area contributed by atoms with Crippen molar-refractivity contribution >= 4 is 5.91 Å². The Morgan fingerprint density at radius 1 is 1.22 bits per heavy atom. The average molecular weight is 317 g/mol. The van der Waals surface area contributed by atoms with Crippen molar-refractivity contribution in [1.29, 1.82) is 0 Å². The summed E-state index contributed by atoms with van der Waals surface area (Å²) >= 11 is 0. The predicted molar refractivity (Wildman–Crippen MR) is 81.0 cm³/mol. The fourth-order valence-electron chi connectivity index (χ4n) is 2.11. The van der Waals surface area contributed by atoms with Crippen LogP contribution in [-0.4, -0.2) is 19.3 Å². The molecule has 0 spiro atoms. The number of fused-ring (bicyclic) bond motifs is 1. The van der Waals surface area contributed by atoms with E-state index >= 15 is 0 Å². The van der Waals surface area contributed by atoms with E-state index in [1.807, 2.05) is 0 Å². The molecule has 120 valence electrons. The van der Waals surface area contributed by atoms with E-state index in [2.05, 4.69) is 5.32 Å². The van der Waals surface area contributed by atoms with Crippen LogP contribution in [0.1, 0.15) is 11.1 Å². The van der Waals surface area contributed by atoms with E-state index in [0.29, 0.717) is 28.4 Å². The zero-order valence-electron chi connectivity index (χ0n) is 12.6. The number of hydrogen-bond acceptors (Lipinski definition) is 4. The second-order valence-corrected chi connectivity index (χ2v) is 5.16. The first kappa shape index (κ1) is 15.1. The molecule has 0 atom stereocenters. The molecule has 5 nitrogen and oxygen atoms in total. The number of rotatable bonds is 5. The van der Waals surface area contributed by atoms with Crippen molar-refractivity contribution in [3.63, 3.8) is 0 Å². The third-order valence-electron chi connectivity index (χ3n) is 3.44. The summed E-state index contributed by atoms with van der Waals surface area (Å²) in [5.74, 6) is 1.20. The predicted octanol–water partition coefficient (Wildman–Crippen LogP) is 2.56. The van der Waals surface area contributed by atoms with Crippen LogP contribution in [0.2, 0.25) is 0 Å². The molecule has 2 aromatic carbocycles. The molecule has 0 saturated heterocycles. The molecule has 0 aliphatic carbocycles. The number of aryl methyl sites for hydroxylation is 1. The molecular weight excluding hydrogens is 301 g/mol. The zero-order chi connectivity index (χ0) is 16.2. The molecule has 6 heteroatoms. The second-order valence-electron chi connectivity index (χ2n) is 5.16. The van der Waals surface area contributed by atoms with Crippen molar-refractivity contribution in [1.82, 2.24) is 5.32 Å². The monoisotopic (exact) mass is 317 g/mol. The van der Waals surface area contributed by atoms with Crippen LogP contribution in [0.3, 0.4) is 0 Å². The third-order valence-corrected chi connectivity index (χ3v) is 3.44. The van der Waals surface area contributed by atoms with Crippen LogP contribution >= 0.6 is 0 Å². The Hall–Kier alpha value is -2.76. The van der Waals surface area contributed by atoms with Crippen molar-refractivity contribution in [3.8, 4) is 17.2 Å². The minimum atomic E-state index is -0.288. The molecule has 3 rings (SSSR count). The van der Waals surface area contributed by atoms with Gasteiger partial charge in [0.1, 0.15) is 11.6 Å². The normalized spacial score (nSPS) is 12.1. The van der Waals surface area contributed by atoms with Crippen LogP contribution in [0.4, 0.5) is 4.39 Å². The maximum Gasteiger partial charge on any atom is 0.258 e. The van der Waals surface area contributed by atoms with Crippen LogP contribution in [0.15, 0.2) is 36.4 Å². The molecule has 0 radical (unpaired) electrons. The van der Waals surface area contributed by atoms with Gasteiger partial charge in [-0.05, 0) is 36.2 Å². The van der Waals surface area contributed by atoms with E-state index < -0.39 is 0 Å². The van der Waals surface area contributed by atoms with Gasteiger partial charge in [0.2, 0.25) is 6.79 Å². The lowest BCUT2D eigenvalue weighted by atomic mass is 10.1. The van der Waals surface area contributed by atoms with Gasteiger partial charge < -0.3 is 19.5 Å². The fourth-order valence-corrected chi connectivity index (χ4v) is 2.11. The number of benzene rings is 2. The summed E-state index contributed by atoms with van der Waals surface area (Å²) in [7, 11) is 0. The van der Waals surface area contributed by atoms with Crippen LogP contribution < -0.4 is 19.5 Å². The molecule has 1 amide bonds. The molecule has 0 aromatic heterocycles. The maximum absolute atomic E-state index is 13.4. The first-order valence-corrected chi connectivity index (χ1v) is 7.16. The van der Waals surface area contributed by atoms with Crippen LogP contribution in [0.25, 0.3) is 0 Å². The van der Waals surface area contributed by atoms with E-state index in [4.69, 9.17) is 14.2 Å². The second kappa shape index (κ2) is 6.56. The fraction of sp³-hybridized carbons (Fsp3) is 0.235. The SMILES string of the molecule is Cc1ccc(CNC(=O)COc2ccc3c(c2)OCO3)cc1F. The van der Waals surface area contributed by atoms with Gasteiger partial charge in [0.05, 0.1) is 0 Å². The molecular formula is C17H16FNO4. The number of ether oxygens (including phenoxy) is 3. The smallest absolute Gasteiger partial charge is 0.258 e. The Morgan fingerprint density at radius 3 is 2.87 bits per heavy atom. The van der Waals surface area contributed by atoms with E-state index in [1.54, 1.807) is 37.3 Å². The van der Waals surface area contributed by atoms with Gasteiger partial charge in [0, 0.05) is 12.6 Å². The molecule has 0 unspecified atom stereocenters. The Morgan fingerprint density at radius 2 is 2.04 bits per heavy atom. The van der Waals surface area contributed by atoms with Crippen LogP contribution in [-0.2, 0) is 11.3 Å². The summed E-state index contributed by atoms with van der Waals surface area (Å²) in [6.45, 7) is 2.00. The van der Waals surface area contributed by atoms with Crippen LogP contribution in [0, 0.1) is 12.7 Å². The molecule has 0 fully saturated rings. The molecule has 1 N–H and O–H groups in total. The summed E-state index contributed by atoms with van der Waals surface area (Å²) in [5, 5.41) is 2.68. The van der Waals surface area contributed by atoms with Gasteiger partial charge in [-0.25, -0.2) is 4.39 Å². The lowest BCUT2D eigenvalue weighted by Gasteiger charge is -2.08. The topological polar surface area (TPSA) is 56.8 Å². The molecule has 1 heterocycles. The van der Waals surface area contributed by atoms with E-state index in [1.165, 1.54) is 6.07 Å². The Labute approximate surface area is 133 Å². The number of carbonyl (C=O) groups excluding carboxylic acids is 1. The van der Waals surface area contributed by atoms with E-state index in [0.717, 1.165) is 0 Å². The first-order valence-electron chi connectivity index (χ1n) is 7.16. The zero-order valence-corrected chi connectivity index (χ0v) is 12.6. The standard InChI is InChI=1S/C17H16FNO4/c1-11-2-3-12(6-14(11)18)8-19-17(20)9-21-13-4-5-15-16(7-13)23-10-22-15/h2-7H,8-10H2,1H3,(H,19,20). The Kier molecular flexibility index (Phi) is 4.32. The number of carbonyl (C=O) groups is 1. The van der Waals surface area contributed by atoms with Gasteiger partial charge in [0.15, 0.2) is 18.1 Å². The van der Waals surface area contributed by atoms with Gasteiger partial charge in [-0.15, -0.1) is 0 Å². The summed E-state index contributed by atoms with van der Waals surface area (Å²) in [6.07, 6.45) is 0. The molecule has 1 aliphatic rings. The highest BCUT2D eigenvalue weighted by Crippen LogP contribution is 2.34. The van der Waals surface area contributed by atoms with Crippen molar-refractivity contribution in [2.45, 2.75) is 13.5 Å². The molecule has 1 aliphatic heterocycles. The quantitative estimate of drug-likeness (QED) is 0.921. The summed E-state index contributed by atoms with van der Waals surface area (Å²) in [4.78, 5) is 11.8. The lowest BCUT2D eigenvalue weighted by molar-refractivity contribution is -0.123. The van der Waals surface area contributed by atoms with Gasteiger partial charge >= 0.3 is 0 Å². The average Bonchev–Trinajstić information content (AvgIpc) is 3.01. The van der Waals surface area contributed by atoms with Crippen molar-refractivity contribution in [2.75, 3.05) is 13.4 Å². The molecule has 2 aromatic rings. The number of hydrogen-bond donors (Lipinski definition) is 1. The number of nitrogens with one attached hydrogen (secondary N) is 1. The maximum atomic E-state index is 13.4. The Bertz CT molecular complexity index is 733. The highest BCUT2D eigenvalue weighted by molar-refractivity contribution is 5.77. The summed E-state index contributed by atoms with van der Waals surface area (Å²) < 4.78 is 29.3. The van der Waals surface area contributed by atoms with Crippen LogP contribution in [0.5, 0.6) is 17.2 Å². The van der Waals surface area contributed by atoms with Gasteiger partial charge in [-0.3, -0.25) is 4.79 Å². The largest absolute Gasteiger partial charge is 0.484 e. The van der Waals surface area contributed by atoms with Gasteiger partial charge in [0.25, 0.3) is 5.91 Å². The van der Waals surface area contributed by atoms with E-state index in [-0.39, 0.29) is 31.7 Å². The minimum absolute atomic E-state index is 0.131. The molecule has 0 bridgehead atoms. The highest BCUT2D eigenvalue weighted by atomic mass is 19.1. The highest BCUT2D eigenvalue weighted by Gasteiger charge is 2.14. The van der Waals surface area contributed by atoms with Crippen molar-refractivity contribution in [3.05, 3.63) is 53.3 Å². The third kappa shape index (κ3) is 3.71. The lowest BCUT2D eigenvalue weighted by Crippen LogP contribution is -2.28. The Balaban J connectivity index is 1.48. The van der Waals surface area contributed by atoms with Gasteiger partial charge in [-0.1, -0.05) is 12.1 Å². The number of halogens is 1. The molecule has 23 heavy (non-hydrogen) atoms. The minimum Gasteiger partial charge on any atom is -0.484 e. The van der Waals surface area contributed by atoms with Crippen molar-refractivity contribution in [2.24, 2.45) is 0 Å². The van der Waals surface area contributed by atoms with Gasteiger partial charge in [-0.2, -0.15) is 0 Å². The first-order chi connectivity index (χ1) is 11.1. The molecule has 0 saturated carbocycles.